The molecule has 100 valence electrons. The van der Waals surface area contributed by atoms with Crippen molar-refractivity contribution >= 4 is 11.7 Å². The Morgan fingerprint density at radius 2 is 1.53 bits per heavy atom. The van der Waals surface area contributed by atoms with Gasteiger partial charge in [0.2, 0.25) is 5.91 Å². The van der Waals surface area contributed by atoms with Crippen molar-refractivity contribution in [2.75, 3.05) is 7.05 Å². The Kier molecular flexibility index (Phi) is 4.93. The highest BCUT2D eigenvalue weighted by atomic mass is 16.2. The third kappa shape index (κ3) is 3.83. The molecule has 0 saturated heterocycles. The SMILES string of the molecule is CC(=O)N(C)[C@](C)(CC(C)C)C(=O)C(C)(C)C. The Morgan fingerprint density at radius 3 is 1.76 bits per heavy atom. The first-order valence-corrected chi connectivity index (χ1v) is 6.22. The molecule has 0 aliphatic carbocycles. The molecule has 0 aromatic carbocycles. The Morgan fingerprint density at radius 1 is 1.12 bits per heavy atom. The normalized spacial score (nSPS) is 15.6. The minimum Gasteiger partial charge on any atom is -0.334 e. The maximum atomic E-state index is 12.6. The Bertz CT molecular complexity index is 302. The predicted octanol–water partition coefficient (Wildman–Crippen LogP) is 2.88. The van der Waals surface area contributed by atoms with Crippen molar-refractivity contribution in [3.63, 3.8) is 0 Å². The Hall–Kier alpha value is -0.860. The third-order valence-corrected chi connectivity index (χ3v) is 3.19. The van der Waals surface area contributed by atoms with E-state index in [1.165, 1.54) is 6.92 Å². The van der Waals surface area contributed by atoms with Gasteiger partial charge in [-0.25, -0.2) is 0 Å². The van der Waals surface area contributed by atoms with E-state index in [1.54, 1.807) is 11.9 Å². The fourth-order valence-corrected chi connectivity index (χ4v) is 2.33. The molecule has 0 unspecified atom stereocenters. The molecule has 0 bridgehead atoms. The molecule has 1 atom stereocenters. The minimum atomic E-state index is -0.710. The largest absolute Gasteiger partial charge is 0.334 e. The number of Topliss-reactive ketones (excluding diaryl/α,β-unsaturated/α-hetero) is 1. The van der Waals surface area contributed by atoms with Gasteiger partial charge in [0.1, 0.15) is 0 Å². The molecule has 0 rings (SSSR count). The molecular formula is C14H27NO2. The maximum absolute atomic E-state index is 12.6. The summed E-state index contributed by atoms with van der Waals surface area (Å²) in [4.78, 5) is 25.7. The standard InChI is InChI=1S/C14H27NO2/c1-10(2)9-14(7,15(8)11(3)16)12(17)13(4,5)6/h10H,9H2,1-8H3/t14-/m1/s1. The number of nitrogens with zero attached hydrogens (tertiary/aromatic N) is 1. The number of likely N-dealkylation sites (N-methyl/N-ethyl adjacent to an activating group) is 1. The van der Waals surface area contributed by atoms with E-state index >= 15 is 0 Å². The van der Waals surface area contributed by atoms with Gasteiger partial charge in [-0.15, -0.1) is 0 Å². The van der Waals surface area contributed by atoms with Crippen molar-refractivity contribution in [2.45, 2.75) is 60.4 Å². The molecule has 1 amide bonds. The van der Waals surface area contributed by atoms with Crippen LogP contribution >= 0.6 is 0 Å². The van der Waals surface area contributed by atoms with Crippen LogP contribution in [0, 0.1) is 11.3 Å². The fraction of sp³-hybridized carbons (Fsp3) is 0.857. The average molecular weight is 241 g/mol. The van der Waals surface area contributed by atoms with E-state index < -0.39 is 11.0 Å². The molecule has 0 heterocycles. The van der Waals surface area contributed by atoms with Gasteiger partial charge in [-0.1, -0.05) is 34.6 Å². The molecule has 0 aliphatic rings. The topological polar surface area (TPSA) is 37.4 Å². The molecule has 0 aliphatic heterocycles. The maximum Gasteiger partial charge on any atom is 0.220 e. The van der Waals surface area contributed by atoms with Crippen molar-refractivity contribution in [1.82, 2.24) is 4.90 Å². The van der Waals surface area contributed by atoms with Crippen LogP contribution in [-0.2, 0) is 9.59 Å². The molecule has 3 heteroatoms. The Labute approximate surface area is 106 Å². The molecule has 0 aromatic heterocycles. The fourth-order valence-electron chi connectivity index (χ4n) is 2.33. The van der Waals surface area contributed by atoms with Crippen molar-refractivity contribution < 1.29 is 9.59 Å². The van der Waals surface area contributed by atoms with Crippen LogP contribution in [0.25, 0.3) is 0 Å². The first-order chi connectivity index (χ1) is 7.43. The number of carbonyl (C=O) groups is 2. The number of ketones is 1. The highest BCUT2D eigenvalue weighted by Gasteiger charge is 2.44. The molecular weight excluding hydrogens is 214 g/mol. The predicted molar refractivity (Wildman–Crippen MR) is 70.8 cm³/mol. The molecule has 0 radical (unpaired) electrons. The van der Waals surface area contributed by atoms with Crippen LogP contribution in [0.3, 0.4) is 0 Å². The van der Waals surface area contributed by atoms with Crippen LogP contribution < -0.4 is 0 Å². The molecule has 0 aromatic rings. The van der Waals surface area contributed by atoms with E-state index in [9.17, 15) is 9.59 Å². The first-order valence-electron chi connectivity index (χ1n) is 6.22. The van der Waals surface area contributed by atoms with E-state index in [2.05, 4.69) is 13.8 Å². The molecule has 17 heavy (non-hydrogen) atoms. The van der Waals surface area contributed by atoms with Gasteiger partial charge in [-0.3, -0.25) is 9.59 Å². The van der Waals surface area contributed by atoms with Crippen molar-refractivity contribution in [1.29, 1.82) is 0 Å². The smallest absolute Gasteiger partial charge is 0.220 e. The van der Waals surface area contributed by atoms with Crippen LogP contribution in [0.4, 0.5) is 0 Å². The van der Waals surface area contributed by atoms with Gasteiger partial charge < -0.3 is 4.90 Å². The van der Waals surface area contributed by atoms with Crippen LogP contribution in [0.2, 0.25) is 0 Å². The van der Waals surface area contributed by atoms with E-state index in [4.69, 9.17) is 0 Å². The molecule has 0 N–H and O–H groups in total. The summed E-state index contributed by atoms with van der Waals surface area (Å²) in [6, 6.07) is 0. The number of amides is 1. The molecule has 0 fully saturated rings. The van der Waals surface area contributed by atoms with Crippen molar-refractivity contribution in [3.05, 3.63) is 0 Å². The lowest BCUT2D eigenvalue weighted by Gasteiger charge is -2.42. The lowest BCUT2D eigenvalue weighted by Crippen LogP contribution is -2.56. The summed E-state index contributed by atoms with van der Waals surface area (Å²) in [6.45, 7) is 13.2. The first kappa shape index (κ1) is 16.1. The molecule has 3 nitrogen and oxygen atoms in total. The van der Waals surface area contributed by atoms with Gasteiger partial charge in [0, 0.05) is 19.4 Å². The quantitative estimate of drug-likeness (QED) is 0.759. The van der Waals surface area contributed by atoms with Gasteiger partial charge in [-0.2, -0.15) is 0 Å². The second kappa shape index (κ2) is 5.19. The summed E-state index contributed by atoms with van der Waals surface area (Å²) < 4.78 is 0. The minimum absolute atomic E-state index is 0.0641. The highest BCUT2D eigenvalue weighted by Crippen LogP contribution is 2.32. The Balaban J connectivity index is 5.39. The van der Waals surface area contributed by atoms with Crippen LogP contribution in [0.15, 0.2) is 0 Å². The summed E-state index contributed by atoms with van der Waals surface area (Å²) in [5.41, 5.74) is -1.15. The number of rotatable bonds is 4. The average Bonchev–Trinajstić information content (AvgIpc) is 2.12. The highest BCUT2D eigenvalue weighted by molar-refractivity contribution is 5.95. The van der Waals surface area contributed by atoms with E-state index in [0.717, 1.165) is 0 Å². The summed E-state index contributed by atoms with van der Waals surface area (Å²) in [7, 11) is 1.72. The van der Waals surface area contributed by atoms with Crippen LogP contribution in [0.5, 0.6) is 0 Å². The summed E-state index contributed by atoms with van der Waals surface area (Å²) in [6.07, 6.45) is 0.694. The molecule has 0 saturated carbocycles. The number of hydrogen-bond donors (Lipinski definition) is 0. The zero-order valence-corrected chi connectivity index (χ0v) is 12.5. The van der Waals surface area contributed by atoms with Crippen molar-refractivity contribution in [2.24, 2.45) is 11.3 Å². The lowest BCUT2D eigenvalue weighted by molar-refractivity contribution is -0.148. The lowest BCUT2D eigenvalue weighted by atomic mass is 9.74. The summed E-state index contributed by atoms with van der Waals surface area (Å²) in [5, 5.41) is 0. The molecule has 0 spiro atoms. The number of hydrogen-bond acceptors (Lipinski definition) is 2. The third-order valence-electron chi connectivity index (χ3n) is 3.19. The van der Waals surface area contributed by atoms with E-state index in [0.29, 0.717) is 12.3 Å². The van der Waals surface area contributed by atoms with Crippen molar-refractivity contribution in [3.8, 4) is 0 Å². The summed E-state index contributed by atoms with van der Waals surface area (Å²) in [5.74, 6) is 0.426. The number of carbonyl (C=O) groups excluding carboxylic acids is 2. The van der Waals surface area contributed by atoms with Gasteiger partial charge >= 0.3 is 0 Å². The van der Waals surface area contributed by atoms with E-state index in [-0.39, 0.29) is 11.7 Å². The monoisotopic (exact) mass is 241 g/mol. The second-order valence-electron chi connectivity index (χ2n) is 6.53. The van der Waals surface area contributed by atoms with Gasteiger partial charge in [-0.05, 0) is 19.3 Å². The van der Waals surface area contributed by atoms with Crippen LogP contribution in [-0.4, -0.2) is 29.2 Å². The zero-order chi connectivity index (χ0) is 14.0. The zero-order valence-electron chi connectivity index (χ0n) is 12.5. The van der Waals surface area contributed by atoms with Gasteiger partial charge in [0.05, 0.1) is 5.54 Å². The van der Waals surface area contributed by atoms with Crippen LogP contribution in [0.1, 0.15) is 54.9 Å². The second-order valence-corrected chi connectivity index (χ2v) is 6.53. The van der Waals surface area contributed by atoms with E-state index in [1.807, 2.05) is 27.7 Å². The summed E-state index contributed by atoms with van der Waals surface area (Å²) >= 11 is 0. The van der Waals surface area contributed by atoms with Gasteiger partial charge in [0.15, 0.2) is 5.78 Å². The van der Waals surface area contributed by atoms with Gasteiger partial charge in [0.25, 0.3) is 0 Å².